The molecule has 192 valence electrons. The highest BCUT2D eigenvalue weighted by Gasteiger charge is 2.29. The van der Waals surface area contributed by atoms with Crippen LogP contribution < -0.4 is 16.4 Å². The first kappa shape index (κ1) is 24.6. The second kappa shape index (κ2) is 9.77. The maximum atomic E-state index is 13.4. The van der Waals surface area contributed by atoms with Crippen LogP contribution in [0.25, 0.3) is 5.65 Å². The van der Waals surface area contributed by atoms with Crippen LogP contribution in [0.4, 0.5) is 0 Å². The fraction of sp³-hybridized carbons (Fsp3) is 0.185. The van der Waals surface area contributed by atoms with Crippen LogP contribution in [0, 0.1) is 6.92 Å². The van der Waals surface area contributed by atoms with Crippen molar-refractivity contribution in [3.05, 3.63) is 100.0 Å². The van der Waals surface area contributed by atoms with Gasteiger partial charge in [-0.15, -0.1) is 0 Å². The van der Waals surface area contributed by atoms with Crippen LogP contribution in [0.2, 0.25) is 0 Å². The molecule has 5 N–H and O–H groups in total. The number of aromatic nitrogens is 3. The number of nitrogens with zero attached hydrogens (tertiary/aromatic N) is 3. The Bertz CT molecular complexity index is 1600. The Morgan fingerprint density at radius 1 is 1.08 bits per heavy atom. The number of nitrogens with two attached hydrogens (primary N) is 1. The molecule has 0 unspecified atom stereocenters. The minimum Gasteiger partial charge on any atom is -0.478 e. The van der Waals surface area contributed by atoms with Crippen LogP contribution in [0.5, 0.6) is 0 Å². The van der Waals surface area contributed by atoms with Gasteiger partial charge in [-0.1, -0.05) is 36.4 Å². The largest absolute Gasteiger partial charge is 0.478 e. The molecule has 5 rings (SSSR count). The molecule has 0 aliphatic heterocycles. The minimum atomic E-state index is -1.09. The normalized spacial score (nSPS) is 15.0. The lowest BCUT2D eigenvalue weighted by atomic mass is 9.98. The van der Waals surface area contributed by atoms with Gasteiger partial charge in [0.1, 0.15) is 17.4 Å². The van der Waals surface area contributed by atoms with E-state index >= 15 is 0 Å². The second-order valence-corrected chi connectivity index (χ2v) is 9.02. The van der Waals surface area contributed by atoms with Crippen LogP contribution in [0.15, 0.2) is 60.8 Å². The summed E-state index contributed by atoms with van der Waals surface area (Å²) >= 11 is 0. The van der Waals surface area contributed by atoms with Gasteiger partial charge in [-0.05, 0) is 48.1 Å². The fourth-order valence-corrected chi connectivity index (χ4v) is 4.85. The van der Waals surface area contributed by atoms with E-state index in [0.717, 1.165) is 11.1 Å². The highest BCUT2D eigenvalue weighted by molar-refractivity contribution is 6.00. The molecule has 38 heavy (non-hydrogen) atoms. The fourth-order valence-electron chi connectivity index (χ4n) is 4.85. The van der Waals surface area contributed by atoms with Crippen LogP contribution in [-0.4, -0.2) is 43.4 Å². The van der Waals surface area contributed by atoms with Crippen molar-refractivity contribution in [1.29, 1.82) is 0 Å². The molecule has 3 amide bonds. The molecular weight excluding hydrogens is 488 g/mol. The summed E-state index contributed by atoms with van der Waals surface area (Å²) in [7, 11) is 0. The zero-order valence-electron chi connectivity index (χ0n) is 20.3. The van der Waals surface area contributed by atoms with Gasteiger partial charge in [0.15, 0.2) is 5.65 Å². The van der Waals surface area contributed by atoms with Gasteiger partial charge in [-0.25, -0.2) is 14.3 Å². The Labute approximate surface area is 216 Å². The number of benzene rings is 2. The maximum absolute atomic E-state index is 13.4. The summed E-state index contributed by atoms with van der Waals surface area (Å²) in [4.78, 5) is 54.4. The van der Waals surface area contributed by atoms with Gasteiger partial charge in [-0.3, -0.25) is 14.4 Å². The molecule has 1 aliphatic carbocycles. The third-order valence-corrected chi connectivity index (χ3v) is 6.75. The number of carboxylic acids is 1. The first-order valence-electron chi connectivity index (χ1n) is 11.9. The summed E-state index contributed by atoms with van der Waals surface area (Å²) in [5.74, 6) is -2.90. The lowest BCUT2D eigenvalue weighted by Crippen LogP contribution is -2.38. The first-order valence-corrected chi connectivity index (χ1v) is 11.9. The van der Waals surface area contributed by atoms with Crippen molar-refractivity contribution in [2.24, 2.45) is 5.73 Å². The van der Waals surface area contributed by atoms with Crippen LogP contribution in [-0.2, 0) is 11.2 Å². The van der Waals surface area contributed by atoms with Gasteiger partial charge in [0.25, 0.3) is 11.8 Å². The molecule has 0 saturated heterocycles. The number of primary amides is 1. The van der Waals surface area contributed by atoms with Gasteiger partial charge in [-0.2, -0.15) is 5.10 Å². The SMILES string of the molecule is Cc1c(C(=O)O)ccc2c1CC[C@@H]2NC(=O)c1cc(C(=O)N[C@H](C(N)=O)c2ccccc2)nc2ccnn12. The third-order valence-electron chi connectivity index (χ3n) is 6.75. The van der Waals surface area contributed by atoms with Crippen molar-refractivity contribution in [3.63, 3.8) is 0 Å². The summed E-state index contributed by atoms with van der Waals surface area (Å²) in [6.07, 6.45) is 2.68. The topological polar surface area (TPSA) is 169 Å². The Morgan fingerprint density at radius 2 is 1.84 bits per heavy atom. The molecule has 2 atom stereocenters. The molecule has 2 heterocycles. The quantitative estimate of drug-likeness (QED) is 0.294. The van der Waals surface area contributed by atoms with Crippen LogP contribution in [0.3, 0.4) is 0 Å². The van der Waals surface area contributed by atoms with Crippen LogP contribution in [0.1, 0.15) is 72.1 Å². The van der Waals surface area contributed by atoms with Gasteiger partial charge in [0, 0.05) is 12.1 Å². The second-order valence-electron chi connectivity index (χ2n) is 9.02. The molecule has 2 aromatic carbocycles. The Balaban J connectivity index is 1.43. The molecule has 2 aromatic heterocycles. The van der Waals surface area contributed by atoms with E-state index in [-0.39, 0.29) is 28.6 Å². The van der Waals surface area contributed by atoms with E-state index in [2.05, 4.69) is 20.7 Å². The van der Waals surface area contributed by atoms with Crippen molar-refractivity contribution < 1.29 is 24.3 Å². The van der Waals surface area contributed by atoms with Crippen LogP contribution >= 0.6 is 0 Å². The summed E-state index contributed by atoms with van der Waals surface area (Å²) in [6, 6.07) is 13.3. The zero-order chi connectivity index (χ0) is 27.0. The molecule has 0 fully saturated rings. The van der Waals surface area contributed by atoms with Gasteiger partial charge >= 0.3 is 5.97 Å². The highest BCUT2D eigenvalue weighted by Crippen LogP contribution is 2.35. The smallest absolute Gasteiger partial charge is 0.335 e. The number of nitrogens with one attached hydrogen (secondary N) is 2. The van der Waals surface area contributed by atoms with Gasteiger partial charge in [0.2, 0.25) is 5.91 Å². The molecule has 0 radical (unpaired) electrons. The number of hydrogen-bond acceptors (Lipinski definition) is 6. The molecule has 4 aromatic rings. The summed E-state index contributed by atoms with van der Waals surface area (Å²) < 4.78 is 1.32. The molecule has 0 saturated carbocycles. The first-order chi connectivity index (χ1) is 18.2. The van der Waals surface area contributed by atoms with E-state index in [1.807, 2.05) is 0 Å². The number of fused-ring (bicyclic) bond motifs is 2. The summed E-state index contributed by atoms with van der Waals surface area (Å²) in [5.41, 5.74) is 9.00. The molecule has 1 aliphatic rings. The monoisotopic (exact) mass is 512 g/mol. The van der Waals surface area contributed by atoms with Crippen molar-refractivity contribution >= 4 is 29.3 Å². The van der Waals surface area contributed by atoms with E-state index in [0.29, 0.717) is 24.0 Å². The van der Waals surface area contributed by atoms with E-state index in [9.17, 15) is 24.3 Å². The lowest BCUT2D eigenvalue weighted by Gasteiger charge is -2.17. The minimum absolute atomic E-state index is 0.0767. The van der Waals surface area contributed by atoms with Gasteiger partial charge in [0.05, 0.1) is 17.8 Å². The van der Waals surface area contributed by atoms with Crippen molar-refractivity contribution in [2.75, 3.05) is 0 Å². The average molecular weight is 513 g/mol. The van der Waals surface area contributed by atoms with E-state index in [4.69, 9.17) is 5.73 Å². The molecule has 0 spiro atoms. The lowest BCUT2D eigenvalue weighted by molar-refractivity contribution is -0.120. The molecular formula is C27H24N6O5. The maximum Gasteiger partial charge on any atom is 0.335 e. The highest BCUT2D eigenvalue weighted by atomic mass is 16.4. The molecule has 11 nitrogen and oxygen atoms in total. The van der Waals surface area contributed by atoms with E-state index in [1.54, 1.807) is 55.5 Å². The number of aromatic carboxylic acids is 1. The number of carbonyl (C=O) groups excluding carboxylic acids is 3. The van der Waals surface area contributed by atoms with Gasteiger partial charge < -0.3 is 21.5 Å². The van der Waals surface area contributed by atoms with E-state index in [1.165, 1.54) is 16.8 Å². The van der Waals surface area contributed by atoms with Crippen molar-refractivity contribution in [1.82, 2.24) is 25.2 Å². The Hall–Kier alpha value is -5.06. The molecule has 11 heteroatoms. The standard InChI is InChI=1S/C27H24N6O5/c1-14-16-9-10-19(18(16)8-7-17(14)27(37)38)31-26(36)21-13-20(30-22-11-12-29-33(21)22)25(35)32-23(24(28)34)15-5-3-2-4-6-15/h2-8,11-13,19,23H,9-10H2,1H3,(H2,28,34)(H,31,36)(H,32,35)(H,37,38)/t19-,23-/m0/s1. The third kappa shape index (κ3) is 4.45. The van der Waals surface area contributed by atoms with E-state index < -0.39 is 29.7 Å². The predicted octanol–water partition coefficient (Wildman–Crippen LogP) is 2.11. The van der Waals surface area contributed by atoms with Crippen molar-refractivity contribution in [3.8, 4) is 0 Å². The number of rotatable bonds is 7. The summed E-state index contributed by atoms with van der Waals surface area (Å²) in [5, 5.41) is 19.2. The summed E-state index contributed by atoms with van der Waals surface area (Å²) in [6.45, 7) is 1.77. The number of amides is 3. The number of carboxylic acid groups (broad SMARTS) is 1. The van der Waals surface area contributed by atoms with Crippen molar-refractivity contribution in [2.45, 2.75) is 31.8 Å². The Kier molecular flexibility index (Phi) is 6.33. The average Bonchev–Trinajstić information content (AvgIpc) is 3.54. The Morgan fingerprint density at radius 3 is 2.55 bits per heavy atom. The molecule has 0 bridgehead atoms. The zero-order valence-corrected chi connectivity index (χ0v) is 20.3. The number of hydrogen-bond donors (Lipinski definition) is 4. The number of carbonyl (C=O) groups is 4. The predicted molar refractivity (Wildman–Crippen MR) is 135 cm³/mol.